The quantitative estimate of drug-likeness (QED) is 0.0361. The Labute approximate surface area is 451 Å². The van der Waals surface area contributed by atoms with Crippen molar-refractivity contribution in [2.45, 2.75) is 56.0 Å². The van der Waals surface area contributed by atoms with Crippen molar-refractivity contribution in [3.8, 4) is 5.75 Å². The summed E-state index contributed by atoms with van der Waals surface area (Å²) >= 11 is 3.32. The molecule has 7 aromatic rings. The van der Waals surface area contributed by atoms with Crippen LogP contribution in [0.1, 0.15) is 65.4 Å². The minimum Gasteiger partial charge on any atom is -0.422 e. The smallest absolute Gasteiger partial charge is 0.416 e. The second-order valence-corrected chi connectivity index (χ2v) is 18.4. The fraction of sp³-hybridized carbons (Fsp3) is 0.176. The summed E-state index contributed by atoms with van der Waals surface area (Å²) < 4.78 is 349. The van der Waals surface area contributed by atoms with Crippen molar-refractivity contribution < 1.29 is 124 Å². The number of carbonyl (C=O) groups excluding carboxylic acids is 2. The molecule has 0 atom stereocenters. The van der Waals surface area contributed by atoms with E-state index in [1.165, 1.54) is 12.4 Å². The van der Waals surface area contributed by atoms with Crippen LogP contribution < -0.4 is 31.2 Å². The number of esters is 1. The number of nitrogens with zero attached hydrogens (tertiary/aromatic N) is 2. The molecule has 0 N–H and O–H groups in total. The third-order valence-corrected chi connectivity index (χ3v) is 12.4. The van der Waals surface area contributed by atoms with Crippen molar-refractivity contribution >= 4 is 55.7 Å². The van der Waals surface area contributed by atoms with Crippen molar-refractivity contribution in [3.05, 3.63) is 206 Å². The van der Waals surface area contributed by atoms with Gasteiger partial charge in [-0.2, -0.15) is 132 Å². The molecule has 5 nitrogen and oxygen atoms in total. The van der Waals surface area contributed by atoms with E-state index >= 15 is 0 Å². The van der Waals surface area contributed by atoms with Crippen LogP contribution in [0.4, 0.5) is 105 Å². The van der Waals surface area contributed by atoms with Crippen LogP contribution in [0.2, 0.25) is 0 Å². The molecule has 0 spiro atoms. The largest absolute Gasteiger partial charge is 0.422 e. The third-order valence-electron chi connectivity index (χ3n) is 11.9. The van der Waals surface area contributed by atoms with Crippen LogP contribution in [-0.4, -0.2) is 22.9 Å². The van der Waals surface area contributed by atoms with Crippen LogP contribution in [0.15, 0.2) is 150 Å². The van der Waals surface area contributed by atoms with E-state index in [4.69, 9.17) is 4.74 Å². The zero-order valence-electron chi connectivity index (χ0n) is 39.7. The maximum Gasteiger partial charge on any atom is 0.416 e. The molecule has 0 fully saturated rings. The fourth-order valence-electron chi connectivity index (χ4n) is 8.25. The van der Waals surface area contributed by atoms with Crippen molar-refractivity contribution in [2.24, 2.45) is 0 Å². The van der Waals surface area contributed by atoms with Gasteiger partial charge in [-0.3, -0.25) is 4.79 Å². The zero-order valence-corrected chi connectivity index (χ0v) is 41.3. The van der Waals surface area contributed by atoms with Gasteiger partial charge in [0.1, 0.15) is 11.9 Å². The number of rotatable bonds is 9. The second-order valence-electron chi connectivity index (χ2n) is 17.5. The summed E-state index contributed by atoms with van der Waals surface area (Å²) in [6, 6.07) is 7.09. The van der Waals surface area contributed by atoms with Gasteiger partial charge < -0.3 is 4.74 Å². The van der Waals surface area contributed by atoms with Crippen LogP contribution in [0.3, 0.4) is 0 Å². The lowest BCUT2D eigenvalue weighted by Gasteiger charge is -2.46. The van der Waals surface area contributed by atoms with Gasteiger partial charge in [0.2, 0.25) is 24.2 Å². The van der Waals surface area contributed by atoms with Crippen molar-refractivity contribution in [2.75, 3.05) is 0 Å². The Kier molecular flexibility index (Phi) is 17.5. The van der Waals surface area contributed by atoms with E-state index < -0.39 is 201 Å². The average molecular weight is 1260 g/mol. The summed E-state index contributed by atoms with van der Waals surface area (Å²) in [5.74, 6) is -0.210. The van der Waals surface area contributed by atoms with Gasteiger partial charge in [-0.25, -0.2) is 9.78 Å². The van der Waals surface area contributed by atoms with Crippen molar-refractivity contribution in [1.29, 1.82) is 0 Å². The Balaban J connectivity index is 0.000000357. The van der Waals surface area contributed by atoms with Gasteiger partial charge in [0.05, 0.1) is 50.7 Å². The first-order valence-electron chi connectivity index (χ1n) is 22.1. The molecule has 31 heteroatoms. The van der Waals surface area contributed by atoms with Gasteiger partial charge in [-0.05, 0) is 48.5 Å². The van der Waals surface area contributed by atoms with Gasteiger partial charge in [-0.1, -0.05) is 94.8 Å². The molecular weight excluding hydrogens is 1240 g/mol. The Hall–Kier alpha value is -7.60. The molecular formula is C51H26BBrF24N2O3. The number of benzene rings is 6. The van der Waals surface area contributed by atoms with Gasteiger partial charge in [-0.15, -0.1) is 0 Å². The van der Waals surface area contributed by atoms with Crippen LogP contribution in [-0.2, 0) is 56.0 Å². The molecule has 0 saturated heterocycles. The molecule has 0 bridgehead atoms. The number of ether oxygens (including phenoxy) is 1. The average Bonchev–Trinajstić information content (AvgIpc) is 1.94. The Morgan fingerprint density at radius 1 is 0.427 bits per heavy atom. The normalized spacial score (nSPS) is 13.1. The first-order valence-corrected chi connectivity index (χ1v) is 22.9. The molecule has 0 unspecified atom stereocenters. The van der Waals surface area contributed by atoms with Crippen molar-refractivity contribution in [3.63, 3.8) is 0 Å². The summed E-state index contributed by atoms with van der Waals surface area (Å²) in [5, 5.41) is 0. The highest BCUT2D eigenvalue weighted by Crippen LogP contribution is 2.41. The summed E-state index contributed by atoms with van der Waals surface area (Å²) in [5.41, 5.74) is -29.5. The molecule has 7 rings (SSSR count). The number of Topliss-reactive ketones (excluding diaryl/α,β-unsaturated/α-hetero) is 1. The highest BCUT2D eigenvalue weighted by Gasteiger charge is 2.47. The Morgan fingerprint density at radius 2 is 0.720 bits per heavy atom. The fourth-order valence-corrected chi connectivity index (χ4v) is 8.51. The van der Waals surface area contributed by atoms with E-state index in [9.17, 15) is 115 Å². The van der Waals surface area contributed by atoms with Crippen LogP contribution >= 0.6 is 15.9 Å². The van der Waals surface area contributed by atoms with E-state index in [-0.39, 0.29) is 18.0 Å². The molecule has 0 aliphatic rings. The third kappa shape index (κ3) is 15.1. The summed E-state index contributed by atoms with van der Waals surface area (Å²) in [6.07, 6.45) is -50.2. The Morgan fingerprint density at radius 3 is 1.00 bits per heavy atom. The minimum absolute atomic E-state index is 0.0518. The lowest BCUT2D eigenvalue weighted by atomic mass is 9.12. The van der Waals surface area contributed by atoms with E-state index in [0.717, 1.165) is 4.47 Å². The number of halogens is 25. The Bertz CT molecular complexity index is 3040. The topological polar surface area (TPSA) is 60.1 Å². The van der Waals surface area contributed by atoms with Crippen LogP contribution in [0.25, 0.3) is 0 Å². The van der Waals surface area contributed by atoms with Gasteiger partial charge >= 0.3 is 55.4 Å². The molecule has 0 amide bonds. The van der Waals surface area contributed by atoms with E-state index in [0.29, 0.717) is 11.3 Å². The first kappa shape index (κ1) is 63.6. The number of carbonyl (C=O) groups is 2. The molecule has 0 aliphatic heterocycles. The summed E-state index contributed by atoms with van der Waals surface area (Å²) in [4.78, 5) is 28.5. The van der Waals surface area contributed by atoms with Crippen LogP contribution in [0, 0.1) is 0 Å². The van der Waals surface area contributed by atoms with Crippen molar-refractivity contribution in [1.82, 2.24) is 4.98 Å². The lowest BCUT2D eigenvalue weighted by molar-refractivity contribution is -0.683. The molecule has 1 heterocycles. The summed E-state index contributed by atoms with van der Waals surface area (Å²) in [7, 11) is 0. The zero-order chi connectivity index (χ0) is 61.6. The van der Waals surface area contributed by atoms with Crippen LogP contribution in [0.5, 0.6) is 5.75 Å². The number of hydrogen-bond donors (Lipinski definition) is 0. The molecule has 0 saturated carbocycles. The van der Waals surface area contributed by atoms with Gasteiger partial charge in [0.15, 0.2) is 6.20 Å². The molecule has 6 aromatic carbocycles. The molecule has 82 heavy (non-hydrogen) atoms. The first-order chi connectivity index (χ1) is 37.4. The highest BCUT2D eigenvalue weighted by molar-refractivity contribution is 9.10. The van der Waals surface area contributed by atoms with Gasteiger partial charge in [0, 0.05) is 10.0 Å². The molecule has 0 radical (unpaired) electrons. The number of ketones is 1. The number of alkyl halides is 24. The maximum absolute atomic E-state index is 14.2. The predicted octanol–water partition coefficient (Wildman–Crippen LogP) is 14.4. The summed E-state index contributed by atoms with van der Waals surface area (Å²) in [6.45, 7) is 0.116. The van der Waals surface area contributed by atoms with Gasteiger partial charge in [0.25, 0.3) is 0 Å². The van der Waals surface area contributed by atoms with E-state index in [1.54, 1.807) is 47.2 Å². The monoisotopic (exact) mass is 1260 g/mol. The predicted molar refractivity (Wildman–Crippen MR) is 244 cm³/mol. The second kappa shape index (κ2) is 22.6. The minimum atomic E-state index is -6.13. The molecule has 1 aromatic heterocycles. The van der Waals surface area contributed by atoms with E-state index in [1.807, 2.05) is 18.2 Å². The SMILES string of the molecule is FC(F)(F)c1cc([B-](c2cc(C(F)(F)F)cc(C(F)(F)F)c2)(c2cc(C(F)(F)F)cc(C(F)(F)F)c2)c2cc(C(F)(F)F)cc(C(F)(F)F)c2)cc(C(F)(F)F)c1.O=C(C[n+]1ccnc(C(=O)Oc2ccc(Br)cc2)c1)c1ccccc1. The standard InChI is InChI=1S/C32H12BF24.C19H14BrN2O3/c34-25(35,36)13-1-14(26(37,38)39)6-21(5-13)33(22-7-15(27(40,41)42)2-16(8-22)28(43,44)45,23-9-17(29(46,47)48)3-18(10-23)30(49,50)51)24-11-19(31(52,53)54)4-20(12-24)32(55,56)57;20-15-6-8-16(9-7-15)25-19(24)17-12-22(11-10-21-17)13-18(23)14-4-2-1-3-5-14/h1-12H;1-12H,13H2/q-1;+1. The number of hydrogen-bond acceptors (Lipinski definition) is 4. The number of aromatic nitrogens is 2. The maximum atomic E-state index is 14.2. The lowest BCUT2D eigenvalue weighted by Crippen LogP contribution is -2.75. The van der Waals surface area contributed by atoms with E-state index in [2.05, 4.69) is 20.9 Å². The highest BCUT2D eigenvalue weighted by atomic mass is 79.9. The molecule has 0 aliphatic carbocycles. The molecule has 436 valence electrons.